The number of esters is 1. The summed E-state index contributed by atoms with van der Waals surface area (Å²) in [5, 5.41) is 5.72. The molecule has 0 atom stereocenters. The van der Waals surface area contributed by atoms with E-state index in [0.29, 0.717) is 22.8 Å². The van der Waals surface area contributed by atoms with Crippen LogP contribution in [-0.2, 0) is 9.53 Å². The first-order chi connectivity index (χ1) is 7.67. The fraction of sp³-hybridized carbons (Fsp3) is 0.444. The van der Waals surface area contributed by atoms with Crippen molar-refractivity contribution >= 4 is 33.5 Å². The third-order valence-corrected chi connectivity index (χ3v) is 2.07. The van der Waals surface area contributed by atoms with Crippen molar-refractivity contribution in [3.63, 3.8) is 0 Å². The summed E-state index contributed by atoms with van der Waals surface area (Å²) in [7, 11) is 1.73. The summed E-state index contributed by atoms with van der Waals surface area (Å²) in [4.78, 5) is 19.4. The molecule has 0 spiro atoms. The van der Waals surface area contributed by atoms with Crippen molar-refractivity contribution in [3.05, 3.63) is 10.8 Å². The Morgan fingerprint density at radius 1 is 1.56 bits per heavy atom. The van der Waals surface area contributed by atoms with E-state index < -0.39 is 0 Å². The Hall–Kier alpha value is -1.37. The van der Waals surface area contributed by atoms with Crippen LogP contribution in [0.3, 0.4) is 0 Å². The second-order valence-corrected chi connectivity index (χ2v) is 3.61. The number of hydrogen-bond acceptors (Lipinski definition) is 6. The van der Waals surface area contributed by atoms with E-state index in [4.69, 9.17) is 4.74 Å². The Morgan fingerprint density at radius 2 is 2.31 bits per heavy atom. The molecule has 0 aliphatic rings. The Morgan fingerprint density at radius 3 is 2.94 bits per heavy atom. The van der Waals surface area contributed by atoms with Crippen molar-refractivity contribution in [2.45, 2.75) is 6.92 Å². The van der Waals surface area contributed by atoms with Gasteiger partial charge in [0.05, 0.1) is 12.8 Å². The van der Waals surface area contributed by atoms with E-state index >= 15 is 0 Å². The first kappa shape index (κ1) is 12.7. The zero-order chi connectivity index (χ0) is 12.0. The number of halogens is 1. The van der Waals surface area contributed by atoms with Crippen LogP contribution in [0.5, 0.6) is 0 Å². The molecule has 1 aromatic rings. The molecule has 0 saturated heterocycles. The molecule has 1 rings (SSSR count). The lowest BCUT2D eigenvalue weighted by molar-refractivity contribution is -0.140. The number of aromatic nitrogens is 2. The van der Waals surface area contributed by atoms with Gasteiger partial charge in [-0.25, -0.2) is 9.97 Å². The molecule has 0 amide bonds. The van der Waals surface area contributed by atoms with Crippen molar-refractivity contribution in [1.29, 1.82) is 0 Å². The number of nitrogens with zero attached hydrogens (tertiary/aromatic N) is 2. The van der Waals surface area contributed by atoms with Crippen molar-refractivity contribution in [2.24, 2.45) is 0 Å². The highest BCUT2D eigenvalue weighted by molar-refractivity contribution is 9.10. The minimum atomic E-state index is -0.325. The normalized spacial score (nSPS) is 9.69. The molecule has 1 aromatic heterocycles. The van der Waals surface area contributed by atoms with Crippen LogP contribution in [0.4, 0.5) is 11.6 Å². The third-order valence-electron chi connectivity index (χ3n) is 1.69. The summed E-state index contributed by atoms with van der Waals surface area (Å²) in [6.07, 6.45) is 1.55. The van der Waals surface area contributed by atoms with Crippen LogP contribution in [0, 0.1) is 0 Å². The molecule has 1 heterocycles. The molecule has 0 saturated carbocycles. The van der Waals surface area contributed by atoms with Gasteiger partial charge in [-0.1, -0.05) is 0 Å². The van der Waals surface area contributed by atoms with Crippen LogP contribution < -0.4 is 10.6 Å². The van der Waals surface area contributed by atoms with Crippen molar-refractivity contribution in [1.82, 2.24) is 9.97 Å². The number of ether oxygens (including phenoxy) is 1. The molecular formula is C9H13BrN4O2. The molecule has 2 N–H and O–H groups in total. The number of nitrogens with one attached hydrogen (secondary N) is 2. The maximum atomic E-state index is 11.1. The molecule has 0 unspecified atom stereocenters. The standard InChI is InChI=1S/C9H13BrN4O2/c1-3-16-7(15)5-13-9-8(11-2)14-6(10)4-12-9/h4H,3,5H2,1-2H3,(H,11,14)(H,12,13). The van der Waals surface area contributed by atoms with Gasteiger partial charge in [0.25, 0.3) is 0 Å². The summed E-state index contributed by atoms with van der Waals surface area (Å²) < 4.78 is 5.41. The SMILES string of the molecule is CCOC(=O)CNc1ncc(Br)nc1NC. The van der Waals surface area contributed by atoms with E-state index in [1.165, 1.54) is 0 Å². The lowest BCUT2D eigenvalue weighted by atomic mass is 10.5. The molecule has 0 aliphatic carbocycles. The van der Waals surface area contributed by atoms with E-state index in [1.54, 1.807) is 20.2 Å². The molecular weight excluding hydrogens is 276 g/mol. The summed E-state index contributed by atoms with van der Waals surface area (Å²) in [5.41, 5.74) is 0. The van der Waals surface area contributed by atoms with Crippen LogP contribution in [0.1, 0.15) is 6.92 Å². The Labute approximate surface area is 102 Å². The predicted molar refractivity (Wildman–Crippen MR) is 64.4 cm³/mol. The van der Waals surface area contributed by atoms with E-state index in [0.717, 1.165) is 0 Å². The molecule has 16 heavy (non-hydrogen) atoms. The van der Waals surface area contributed by atoms with E-state index in [-0.39, 0.29) is 12.5 Å². The second-order valence-electron chi connectivity index (χ2n) is 2.80. The van der Waals surface area contributed by atoms with Gasteiger partial charge in [0, 0.05) is 7.05 Å². The van der Waals surface area contributed by atoms with E-state index in [1.807, 2.05) is 0 Å². The highest BCUT2D eigenvalue weighted by Gasteiger charge is 2.07. The van der Waals surface area contributed by atoms with Gasteiger partial charge in [0.15, 0.2) is 11.6 Å². The summed E-state index contributed by atoms with van der Waals surface area (Å²) >= 11 is 3.21. The predicted octanol–water partition coefficient (Wildman–Crippen LogP) is 1.26. The average Bonchev–Trinajstić information content (AvgIpc) is 2.27. The fourth-order valence-electron chi connectivity index (χ4n) is 1.04. The third kappa shape index (κ3) is 3.65. The van der Waals surface area contributed by atoms with Gasteiger partial charge in [-0.3, -0.25) is 4.79 Å². The van der Waals surface area contributed by atoms with Crippen molar-refractivity contribution in [3.8, 4) is 0 Å². The van der Waals surface area contributed by atoms with Gasteiger partial charge < -0.3 is 15.4 Å². The molecule has 6 nitrogen and oxygen atoms in total. The minimum absolute atomic E-state index is 0.0683. The van der Waals surface area contributed by atoms with Gasteiger partial charge >= 0.3 is 5.97 Å². The van der Waals surface area contributed by atoms with E-state index in [9.17, 15) is 4.79 Å². The van der Waals surface area contributed by atoms with Gasteiger partial charge in [0.2, 0.25) is 0 Å². The summed E-state index contributed by atoms with van der Waals surface area (Å²) in [6, 6.07) is 0. The summed E-state index contributed by atoms with van der Waals surface area (Å²) in [6.45, 7) is 2.20. The van der Waals surface area contributed by atoms with Crippen LogP contribution in [0.25, 0.3) is 0 Å². The molecule has 7 heteroatoms. The molecule has 0 radical (unpaired) electrons. The average molecular weight is 289 g/mol. The first-order valence-corrected chi connectivity index (χ1v) is 5.56. The lowest BCUT2D eigenvalue weighted by Crippen LogP contribution is -2.18. The Kier molecular flexibility index (Phi) is 4.97. The maximum Gasteiger partial charge on any atom is 0.325 e. The maximum absolute atomic E-state index is 11.1. The van der Waals surface area contributed by atoms with Crippen LogP contribution >= 0.6 is 15.9 Å². The second kappa shape index (κ2) is 6.26. The smallest absolute Gasteiger partial charge is 0.325 e. The fourth-order valence-corrected chi connectivity index (χ4v) is 1.32. The first-order valence-electron chi connectivity index (χ1n) is 4.77. The quantitative estimate of drug-likeness (QED) is 0.795. The van der Waals surface area contributed by atoms with Crippen LogP contribution in [0.15, 0.2) is 10.8 Å². The van der Waals surface area contributed by atoms with E-state index in [2.05, 4.69) is 36.5 Å². The number of carbonyl (C=O) groups is 1. The zero-order valence-corrected chi connectivity index (χ0v) is 10.7. The largest absolute Gasteiger partial charge is 0.465 e. The van der Waals surface area contributed by atoms with Crippen molar-refractivity contribution in [2.75, 3.05) is 30.8 Å². The molecule has 0 fully saturated rings. The van der Waals surface area contributed by atoms with Gasteiger partial charge in [-0.15, -0.1) is 0 Å². The highest BCUT2D eigenvalue weighted by Crippen LogP contribution is 2.17. The number of anilines is 2. The van der Waals surface area contributed by atoms with Gasteiger partial charge in [-0.2, -0.15) is 0 Å². The molecule has 0 bridgehead atoms. The minimum Gasteiger partial charge on any atom is -0.465 e. The molecule has 88 valence electrons. The Bertz CT molecular complexity index is 373. The molecule has 0 aliphatic heterocycles. The zero-order valence-electron chi connectivity index (χ0n) is 9.08. The van der Waals surface area contributed by atoms with Gasteiger partial charge in [-0.05, 0) is 22.9 Å². The highest BCUT2D eigenvalue weighted by atomic mass is 79.9. The van der Waals surface area contributed by atoms with Gasteiger partial charge in [0.1, 0.15) is 11.1 Å². The van der Waals surface area contributed by atoms with Crippen LogP contribution in [0.2, 0.25) is 0 Å². The Balaban J connectivity index is 2.63. The lowest BCUT2D eigenvalue weighted by Gasteiger charge is -2.09. The molecule has 0 aromatic carbocycles. The topological polar surface area (TPSA) is 76.1 Å². The number of hydrogen-bond donors (Lipinski definition) is 2. The number of rotatable bonds is 5. The van der Waals surface area contributed by atoms with Crippen LogP contribution in [-0.4, -0.2) is 36.1 Å². The van der Waals surface area contributed by atoms with Crippen molar-refractivity contribution < 1.29 is 9.53 Å². The number of carbonyl (C=O) groups excluding carboxylic acids is 1. The monoisotopic (exact) mass is 288 g/mol. The summed E-state index contributed by atoms with van der Waals surface area (Å²) in [5.74, 6) is 0.756.